The van der Waals surface area contributed by atoms with Crippen molar-refractivity contribution in [3.63, 3.8) is 0 Å². The first-order valence-corrected chi connectivity index (χ1v) is 8.63. The van der Waals surface area contributed by atoms with Gasteiger partial charge in [-0.25, -0.2) is 0 Å². The van der Waals surface area contributed by atoms with E-state index in [1.165, 1.54) is 6.07 Å². The lowest BCUT2D eigenvalue weighted by Crippen LogP contribution is -2.44. The van der Waals surface area contributed by atoms with Crippen molar-refractivity contribution in [2.75, 3.05) is 26.2 Å². The second kappa shape index (κ2) is 8.26. The largest absolute Gasteiger partial charge is 0.416 e. The molecule has 9 heteroatoms. The molecule has 0 saturated carbocycles. The SMILES string of the molecule is CC(C)(O)CN1CC[C@@H](NC(=O)CNC(=O)c2cccc(C(F)(F)F)c2)C1. The van der Waals surface area contributed by atoms with Gasteiger partial charge in [-0.3, -0.25) is 14.5 Å². The number of β-amino-alcohol motifs (C(OH)–C–C–N with tert-alkyl or cyclic N) is 1. The topological polar surface area (TPSA) is 81.7 Å². The molecule has 0 spiro atoms. The fourth-order valence-electron chi connectivity index (χ4n) is 3.02. The van der Waals surface area contributed by atoms with Gasteiger partial charge in [0, 0.05) is 31.2 Å². The Morgan fingerprint density at radius 2 is 2.00 bits per heavy atom. The van der Waals surface area contributed by atoms with Gasteiger partial charge in [-0.1, -0.05) is 6.07 Å². The molecule has 1 heterocycles. The molecule has 1 aliphatic rings. The number of nitrogens with one attached hydrogen (secondary N) is 2. The van der Waals surface area contributed by atoms with Crippen LogP contribution in [0.4, 0.5) is 13.2 Å². The van der Waals surface area contributed by atoms with Gasteiger partial charge in [0.05, 0.1) is 17.7 Å². The van der Waals surface area contributed by atoms with Gasteiger partial charge in [-0.15, -0.1) is 0 Å². The lowest BCUT2D eigenvalue weighted by molar-refractivity contribution is -0.137. The maximum Gasteiger partial charge on any atom is 0.416 e. The number of hydrogen-bond donors (Lipinski definition) is 3. The highest BCUT2D eigenvalue weighted by atomic mass is 19.4. The molecule has 0 bridgehead atoms. The number of nitrogens with zero attached hydrogens (tertiary/aromatic N) is 1. The second-order valence-corrected chi connectivity index (χ2v) is 7.36. The molecule has 3 N–H and O–H groups in total. The van der Waals surface area contributed by atoms with Crippen LogP contribution in [0.25, 0.3) is 0 Å². The Morgan fingerprint density at radius 1 is 1.30 bits per heavy atom. The first-order valence-electron chi connectivity index (χ1n) is 8.63. The lowest BCUT2D eigenvalue weighted by atomic mass is 10.1. The van der Waals surface area contributed by atoms with Crippen LogP contribution in [0.1, 0.15) is 36.2 Å². The summed E-state index contributed by atoms with van der Waals surface area (Å²) in [5.74, 6) is -1.16. The van der Waals surface area contributed by atoms with E-state index in [-0.39, 0.29) is 18.2 Å². The third kappa shape index (κ3) is 6.84. The van der Waals surface area contributed by atoms with Crippen LogP contribution >= 0.6 is 0 Å². The van der Waals surface area contributed by atoms with Crippen molar-refractivity contribution in [2.24, 2.45) is 0 Å². The van der Waals surface area contributed by atoms with E-state index in [1.807, 2.05) is 4.90 Å². The summed E-state index contributed by atoms with van der Waals surface area (Å²) in [6, 6.07) is 3.94. The number of alkyl halides is 3. The Kier molecular flexibility index (Phi) is 6.48. The Morgan fingerprint density at radius 3 is 2.63 bits per heavy atom. The van der Waals surface area contributed by atoms with Gasteiger partial charge >= 0.3 is 6.18 Å². The van der Waals surface area contributed by atoms with Gasteiger partial charge in [0.2, 0.25) is 5.91 Å². The van der Waals surface area contributed by atoms with E-state index in [4.69, 9.17) is 0 Å². The quantitative estimate of drug-likeness (QED) is 0.689. The number of hydrogen-bond acceptors (Lipinski definition) is 4. The van der Waals surface area contributed by atoms with Crippen LogP contribution in [0.3, 0.4) is 0 Å². The third-order valence-electron chi connectivity index (χ3n) is 4.11. The van der Waals surface area contributed by atoms with Crippen LogP contribution in [0.2, 0.25) is 0 Å². The number of likely N-dealkylation sites (tertiary alicyclic amines) is 1. The minimum atomic E-state index is -4.54. The molecule has 1 aromatic carbocycles. The first-order chi connectivity index (χ1) is 12.4. The molecule has 2 amide bonds. The molecule has 1 aliphatic heterocycles. The fraction of sp³-hybridized carbons (Fsp3) is 0.556. The maximum atomic E-state index is 12.7. The molecule has 1 fully saturated rings. The van der Waals surface area contributed by atoms with Crippen molar-refractivity contribution >= 4 is 11.8 Å². The van der Waals surface area contributed by atoms with Crippen LogP contribution in [-0.2, 0) is 11.0 Å². The average Bonchev–Trinajstić information content (AvgIpc) is 2.96. The zero-order chi connectivity index (χ0) is 20.2. The van der Waals surface area contributed by atoms with E-state index in [0.29, 0.717) is 13.1 Å². The van der Waals surface area contributed by atoms with E-state index in [1.54, 1.807) is 13.8 Å². The predicted molar refractivity (Wildman–Crippen MR) is 93.1 cm³/mol. The fourth-order valence-corrected chi connectivity index (χ4v) is 3.02. The highest BCUT2D eigenvalue weighted by Gasteiger charge is 2.31. The number of rotatable bonds is 6. The molecule has 1 atom stereocenters. The first kappa shape index (κ1) is 21.2. The van der Waals surface area contributed by atoms with Crippen LogP contribution in [0.5, 0.6) is 0 Å². The lowest BCUT2D eigenvalue weighted by Gasteiger charge is -2.25. The zero-order valence-corrected chi connectivity index (χ0v) is 15.3. The van der Waals surface area contributed by atoms with Crippen LogP contribution in [-0.4, -0.2) is 59.6 Å². The van der Waals surface area contributed by atoms with E-state index < -0.39 is 29.2 Å². The number of carbonyl (C=O) groups excluding carboxylic acids is 2. The molecule has 1 saturated heterocycles. The van der Waals surface area contributed by atoms with Gasteiger partial charge in [-0.2, -0.15) is 13.2 Å². The molecule has 27 heavy (non-hydrogen) atoms. The monoisotopic (exact) mass is 387 g/mol. The minimum Gasteiger partial charge on any atom is -0.389 e. The van der Waals surface area contributed by atoms with Gasteiger partial charge in [0.1, 0.15) is 0 Å². The summed E-state index contributed by atoms with van der Waals surface area (Å²) in [6.07, 6.45) is -3.81. The van der Waals surface area contributed by atoms with Gasteiger partial charge in [-0.05, 0) is 38.5 Å². The van der Waals surface area contributed by atoms with Gasteiger partial charge in [0.15, 0.2) is 0 Å². The molecule has 0 radical (unpaired) electrons. The minimum absolute atomic E-state index is 0.0923. The number of aliphatic hydroxyl groups is 1. The molecular weight excluding hydrogens is 363 g/mol. The van der Waals surface area contributed by atoms with Crippen LogP contribution < -0.4 is 10.6 Å². The van der Waals surface area contributed by atoms with Crippen molar-refractivity contribution in [2.45, 2.75) is 38.1 Å². The second-order valence-electron chi connectivity index (χ2n) is 7.36. The summed E-state index contributed by atoms with van der Waals surface area (Å²) >= 11 is 0. The molecule has 150 valence electrons. The summed E-state index contributed by atoms with van der Waals surface area (Å²) in [5, 5.41) is 14.9. The van der Waals surface area contributed by atoms with E-state index >= 15 is 0 Å². The van der Waals surface area contributed by atoms with Crippen molar-refractivity contribution in [3.8, 4) is 0 Å². The normalized spacial score (nSPS) is 18.4. The third-order valence-corrected chi connectivity index (χ3v) is 4.11. The van der Waals surface area contributed by atoms with Crippen molar-refractivity contribution in [1.82, 2.24) is 15.5 Å². The molecular formula is C18H24F3N3O3. The van der Waals surface area contributed by atoms with Crippen molar-refractivity contribution in [1.29, 1.82) is 0 Å². The Hall–Kier alpha value is -2.13. The summed E-state index contributed by atoms with van der Waals surface area (Å²) < 4.78 is 38.1. The van der Waals surface area contributed by atoms with E-state index in [2.05, 4.69) is 10.6 Å². The summed E-state index contributed by atoms with van der Waals surface area (Å²) in [7, 11) is 0. The van der Waals surface area contributed by atoms with Crippen molar-refractivity contribution in [3.05, 3.63) is 35.4 Å². The number of benzene rings is 1. The molecule has 0 aromatic heterocycles. The summed E-state index contributed by atoms with van der Waals surface area (Å²) in [6.45, 7) is 4.93. The van der Waals surface area contributed by atoms with Gasteiger partial charge < -0.3 is 15.7 Å². The van der Waals surface area contributed by atoms with E-state index in [0.717, 1.165) is 31.2 Å². The van der Waals surface area contributed by atoms with Crippen molar-refractivity contribution < 1.29 is 27.9 Å². The molecule has 6 nitrogen and oxygen atoms in total. The van der Waals surface area contributed by atoms with Crippen LogP contribution in [0.15, 0.2) is 24.3 Å². The predicted octanol–water partition coefficient (Wildman–Crippen LogP) is 1.40. The number of carbonyl (C=O) groups is 2. The maximum absolute atomic E-state index is 12.7. The Labute approximate surface area is 155 Å². The number of halogens is 3. The van der Waals surface area contributed by atoms with Gasteiger partial charge in [0.25, 0.3) is 5.91 Å². The highest BCUT2D eigenvalue weighted by Crippen LogP contribution is 2.29. The van der Waals surface area contributed by atoms with E-state index in [9.17, 15) is 27.9 Å². The highest BCUT2D eigenvalue weighted by molar-refractivity contribution is 5.96. The smallest absolute Gasteiger partial charge is 0.389 e. The molecule has 1 aromatic rings. The number of amides is 2. The Balaban J connectivity index is 1.80. The zero-order valence-electron chi connectivity index (χ0n) is 15.3. The van der Waals surface area contributed by atoms with Crippen LogP contribution in [0, 0.1) is 0 Å². The molecule has 0 aliphatic carbocycles. The Bertz CT molecular complexity index is 686. The standard InChI is InChI=1S/C18H24F3N3O3/c1-17(2,27)11-24-7-6-14(10-24)23-15(25)9-22-16(26)12-4-3-5-13(8-12)18(19,20)21/h3-5,8,14,27H,6-7,9-11H2,1-2H3,(H,22,26)(H,23,25)/t14-/m1/s1. The summed E-state index contributed by atoms with van der Waals surface area (Å²) in [4.78, 5) is 26.0. The molecule has 0 unspecified atom stereocenters. The average molecular weight is 387 g/mol. The summed E-state index contributed by atoms with van der Waals surface area (Å²) in [5.41, 5.74) is -1.90. The molecule has 2 rings (SSSR count).